The van der Waals surface area contributed by atoms with Crippen molar-refractivity contribution < 1.29 is 0 Å². The lowest BCUT2D eigenvalue weighted by molar-refractivity contribution is 0.485. The molecule has 0 heterocycles. The zero-order valence-corrected chi connectivity index (χ0v) is 12.1. The summed E-state index contributed by atoms with van der Waals surface area (Å²) in [4.78, 5) is 0. The molecule has 0 bridgehead atoms. The quantitative estimate of drug-likeness (QED) is 0.647. The van der Waals surface area contributed by atoms with E-state index in [0.29, 0.717) is 5.41 Å². The van der Waals surface area contributed by atoms with Crippen LogP contribution in [0.5, 0.6) is 0 Å². The van der Waals surface area contributed by atoms with Crippen molar-refractivity contribution in [3.63, 3.8) is 0 Å². The Morgan fingerprint density at radius 2 is 1.35 bits per heavy atom. The van der Waals surface area contributed by atoms with Gasteiger partial charge in [-0.25, -0.2) is 0 Å². The maximum Gasteiger partial charge on any atom is -0.0137 e. The Bertz CT molecular complexity index is 640. The SMILES string of the molecule is CC1(C)C=CC(c2ccc(-c3ccccc3)cc2)=CC1. The Morgan fingerprint density at radius 1 is 0.750 bits per heavy atom. The van der Waals surface area contributed by atoms with Gasteiger partial charge in [0.15, 0.2) is 0 Å². The minimum absolute atomic E-state index is 0.299. The van der Waals surface area contributed by atoms with Crippen LogP contribution in [0.25, 0.3) is 16.7 Å². The van der Waals surface area contributed by atoms with Crippen LogP contribution >= 0.6 is 0 Å². The predicted octanol–water partition coefficient (Wildman–Crippen LogP) is 5.72. The van der Waals surface area contributed by atoms with Crippen LogP contribution in [0.15, 0.2) is 72.8 Å². The first-order chi connectivity index (χ1) is 9.64. The molecule has 0 N–H and O–H groups in total. The smallest absolute Gasteiger partial charge is 0.0137 e. The molecule has 0 radical (unpaired) electrons. The van der Waals surface area contributed by atoms with Crippen LogP contribution in [0, 0.1) is 5.41 Å². The molecule has 0 saturated carbocycles. The number of hydrogen-bond acceptors (Lipinski definition) is 0. The first kappa shape index (κ1) is 12.9. The van der Waals surface area contributed by atoms with Gasteiger partial charge in [-0.2, -0.15) is 0 Å². The standard InChI is InChI=1S/C20H20/c1-20(2)14-12-19(13-15-20)18-10-8-17(9-11-18)16-6-4-3-5-7-16/h3-14H,15H2,1-2H3. The monoisotopic (exact) mass is 260 g/mol. The fourth-order valence-corrected chi connectivity index (χ4v) is 2.52. The molecule has 100 valence electrons. The van der Waals surface area contributed by atoms with Crippen LogP contribution in [-0.2, 0) is 0 Å². The molecule has 2 aromatic rings. The summed E-state index contributed by atoms with van der Waals surface area (Å²) in [5.74, 6) is 0. The van der Waals surface area contributed by atoms with Gasteiger partial charge in [0, 0.05) is 0 Å². The lowest BCUT2D eigenvalue weighted by atomic mass is 9.82. The molecule has 1 aliphatic carbocycles. The van der Waals surface area contributed by atoms with E-state index in [1.165, 1.54) is 22.3 Å². The van der Waals surface area contributed by atoms with E-state index < -0.39 is 0 Å². The third kappa shape index (κ3) is 2.75. The Labute approximate surface area is 121 Å². The van der Waals surface area contributed by atoms with Gasteiger partial charge < -0.3 is 0 Å². The van der Waals surface area contributed by atoms with Crippen LogP contribution in [0.2, 0.25) is 0 Å². The van der Waals surface area contributed by atoms with Crippen molar-refractivity contribution in [3.05, 3.63) is 78.4 Å². The van der Waals surface area contributed by atoms with Gasteiger partial charge in [-0.05, 0) is 34.1 Å². The van der Waals surface area contributed by atoms with Crippen molar-refractivity contribution in [1.82, 2.24) is 0 Å². The minimum Gasteiger partial charge on any atom is -0.0779 e. The van der Waals surface area contributed by atoms with Crippen molar-refractivity contribution in [2.45, 2.75) is 20.3 Å². The highest BCUT2D eigenvalue weighted by atomic mass is 14.2. The van der Waals surface area contributed by atoms with Gasteiger partial charge in [-0.3, -0.25) is 0 Å². The molecule has 0 aliphatic heterocycles. The molecule has 0 atom stereocenters. The van der Waals surface area contributed by atoms with E-state index in [2.05, 4.69) is 86.7 Å². The summed E-state index contributed by atoms with van der Waals surface area (Å²) in [6.45, 7) is 4.55. The lowest BCUT2D eigenvalue weighted by Crippen LogP contribution is -2.08. The summed E-state index contributed by atoms with van der Waals surface area (Å²) in [6, 6.07) is 19.4. The highest BCUT2D eigenvalue weighted by Crippen LogP contribution is 2.32. The number of benzene rings is 2. The van der Waals surface area contributed by atoms with Gasteiger partial charge in [0.05, 0.1) is 0 Å². The van der Waals surface area contributed by atoms with E-state index in [1.807, 2.05) is 0 Å². The molecule has 0 nitrogen and oxygen atoms in total. The van der Waals surface area contributed by atoms with E-state index in [4.69, 9.17) is 0 Å². The van der Waals surface area contributed by atoms with Crippen molar-refractivity contribution in [1.29, 1.82) is 0 Å². The van der Waals surface area contributed by atoms with E-state index in [-0.39, 0.29) is 0 Å². The van der Waals surface area contributed by atoms with Gasteiger partial charge in [0.25, 0.3) is 0 Å². The molecule has 0 spiro atoms. The third-order valence-electron chi connectivity index (χ3n) is 3.89. The largest absolute Gasteiger partial charge is 0.0779 e. The molecule has 0 amide bonds. The Kier molecular flexibility index (Phi) is 3.31. The Morgan fingerprint density at radius 3 is 1.95 bits per heavy atom. The maximum absolute atomic E-state index is 2.34. The minimum atomic E-state index is 0.299. The fourth-order valence-electron chi connectivity index (χ4n) is 2.52. The van der Waals surface area contributed by atoms with Crippen LogP contribution in [0.1, 0.15) is 25.8 Å². The Balaban J connectivity index is 1.85. The van der Waals surface area contributed by atoms with Gasteiger partial charge >= 0.3 is 0 Å². The molecule has 0 saturated heterocycles. The average molecular weight is 260 g/mol. The molecule has 1 aliphatic rings. The zero-order chi connectivity index (χ0) is 14.0. The topological polar surface area (TPSA) is 0 Å². The summed E-state index contributed by atoms with van der Waals surface area (Å²) in [7, 11) is 0. The molecule has 0 unspecified atom stereocenters. The van der Waals surface area contributed by atoms with Crippen LogP contribution in [0.3, 0.4) is 0 Å². The molecule has 20 heavy (non-hydrogen) atoms. The second-order valence-corrected chi connectivity index (χ2v) is 6.13. The maximum atomic E-state index is 2.34. The van der Waals surface area contributed by atoms with Crippen LogP contribution in [0.4, 0.5) is 0 Å². The summed E-state index contributed by atoms with van der Waals surface area (Å²) in [5, 5.41) is 0. The second kappa shape index (κ2) is 5.13. The highest BCUT2D eigenvalue weighted by molar-refractivity contribution is 5.77. The Hall–Kier alpha value is -2.08. The normalized spacial score (nSPS) is 16.8. The highest BCUT2D eigenvalue weighted by Gasteiger charge is 2.16. The summed E-state index contributed by atoms with van der Waals surface area (Å²) >= 11 is 0. The van der Waals surface area contributed by atoms with E-state index in [0.717, 1.165) is 6.42 Å². The van der Waals surface area contributed by atoms with E-state index >= 15 is 0 Å². The molecular weight excluding hydrogens is 240 g/mol. The van der Waals surface area contributed by atoms with Crippen molar-refractivity contribution >= 4 is 5.57 Å². The van der Waals surface area contributed by atoms with Gasteiger partial charge in [-0.1, -0.05) is 86.7 Å². The van der Waals surface area contributed by atoms with E-state index in [1.54, 1.807) is 0 Å². The second-order valence-electron chi connectivity index (χ2n) is 6.13. The third-order valence-corrected chi connectivity index (χ3v) is 3.89. The van der Waals surface area contributed by atoms with Gasteiger partial charge in [0.1, 0.15) is 0 Å². The lowest BCUT2D eigenvalue weighted by Gasteiger charge is -2.22. The number of rotatable bonds is 2. The van der Waals surface area contributed by atoms with Crippen LogP contribution < -0.4 is 0 Å². The van der Waals surface area contributed by atoms with Crippen LogP contribution in [-0.4, -0.2) is 0 Å². The first-order valence-corrected chi connectivity index (χ1v) is 7.19. The molecule has 0 fully saturated rings. The molecule has 3 rings (SSSR count). The van der Waals surface area contributed by atoms with E-state index in [9.17, 15) is 0 Å². The number of hydrogen-bond donors (Lipinski definition) is 0. The molecule has 2 aromatic carbocycles. The van der Waals surface area contributed by atoms with Gasteiger partial charge in [0.2, 0.25) is 0 Å². The average Bonchev–Trinajstić information content (AvgIpc) is 2.48. The first-order valence-electron chi connectivity index (χ1n) is 7.19. The molecular formula is C20H20. The molecule has 0 aromatic heterocycles. The van der Waals surface area contributed by atoms with Crippen molar-refractivity contribution in [2.75, 3.05) is 0 Å². The van der Waals surface area contributed by atoms with Gasteiger partial charge in [-0.15, -0.1) is 0 Å². The van der Waals surface area contributed by atoms with Crippen molar-refractivity contribution in [2.24, 2.45) is 5.41 Å². The molecule has 0 heteroatoms. The fraction of sp³-hybridized carbons (Fsp3) is 0.200. The zero-order valence-electron chi connectivity index (χ0n) is 12.1. The number of allylic oxidation sites excluding steroid dienone is 4. The summed E-state index contributed by atoms with van der Waals surface area (Å²) in [6.07, 6.45) is 8.02. The summed E-state index contributed by atoms with van der Waals surface area (Å²) in [5.41, 5.74) is 5.48. The van der Waals surface area contributed by atoms with Crippen molar-refractivity contribution in [3.8, 4) is 11.1 Å². The summed E-state index contributed by atoms with van der Waals surface area (Å²) < 4.78 is 0. The predicted molar refractivity (Wildman–Crippen MR) is 87.4 cm³/mol.